The lowest BCUT2D eigenvalue weighted by atomic mass is 10.0. The predicted octanol–water partition coefficient (Wildman–Crippen LogP) is 2.31. The third-order valence-electron chi connectivity index (χ3n) is 4.59. The van der Waals surface area contributed by atoms with Crippen LogP contribution >= 0.6 is 0 Å². The summed E-state index contributed by atoms with van der Waals surface area (Å²) in [5, 5.41) is 5.36. The molecule has 1 aromatic heterocycles. The predicted molar refractivity (Wildman–Crippen MR) is 93.8 cm³/mol. The van der Waals surface area contributed by atoms with Crippen molar-refractivity contribution in [3.63, 3.8) is 0 Å². The third-order valence-corrected chi connectivity index (χ3v) is 4.59. The van der Waals surface area contributed by atoms with Crippen molar-refractivity contribution in [2.24, 2.45) is 0 Å². The van der Waals surface area contributed by atoms with Gasteiger partial charge in [-0.2, -0.15) is 13.2 Å². The van der Waals surface area contributed by atoms with E-state index in [0.29, 0.717) is 13.1 Å². The first-order chi connectivity index (χ1) is 13.3. The Kier molecular flexibility index (Phi) is 6.03. The van der Waals surface area contributed by atoms with Crippen molar-refractivity contribution in [1.29, 1.82) is 0 Å². The number of carbonyl (C=O) groups is 2. The second kappa shape index (κ2) is 8.47. The van der Waals surface area contributed by atoms with Crippen LogP contribution < -0.4 is 10.6 Å². The van der Waals surface area contributed by atoms with Gasteiger partial charge in [-0.05, 0) is 17.7 Å². The summed E-state index contributed by atoms with van der Waals surface area (Å²) in [4.78, 5) is 26.1. The van der Waals surface area contributed by atoms with Gasteiger partial charge >= 0.3 is 6.18 Å². The van der Waals surface area contributed by atoms with Gasteiger partial charge in [0.05, 0.1) is 30.6 Å². The summed E-state index contributed by atoms with van der Waals surface area (Å²) < 4.78 is 44.7. The molecular formula is C19H20F3N3O3. The molecule has 0 radical (unpaired) electrons. The fourth-order valence-corrected chi connectivity index (χ4v) is 3.17. The Labute approximate surface area is 159 Å². The van der Waals surface area contributed by atoms with Crippen LogP contribution in [0.15, 0.2) is 47.3 Å². The maximum atomic E-state index is 13.3. The summed E-state index contributed by atoms with van der Waals surface area (Å²) in [6, 6.07) is 6.14. The zero-order valence-corrected chi connectivity index (χ0v) is 15.0. The molecule has 150 valence electrons. The molecule has 2 N–H and O–H groups in total. The fourth-order valence-electron chi connectivity index (χ4n) is 3.17. The second-order valence-corrected chi connectivity index (χ2v) is 6.54. The molecular weight excluding hydrogens is 375 g/mol. The summed E-state index contributed by atoms with van der Waals surface area (Å²) in [7, 11) is 0. The summed E-state index contributed by atoms with van der Waals surface area (Å²) in [6.45, 7) is 0.862. The maximum Gasteiger partial charge on any atom is 0.416 e. The average Bonchev–Trinajstić information content (AvgIpc) is 3.16. The summed E-state index contributed by atoms with van der Waals surface area (Å²) in [5.74, 6) is -0.730. The van der Waals surface area contributed by atoms with E-state index in [1.165, 1.54) is 30.7 Å². The van der Waals surface area contributed by atoms with Crippen LogP contribution in [0.4, 0.5) is 13.2 Å². The van der Waals surface area contributed by atoms with Gasteiger partial charge < -0.3 is 15.1 Å². The van der Waals surface area contributed by atoms with Crippen LogP contribution in [-0.4, -0.2) is 35.8 Å². The monoisotopic (exact) mass is 395 g/mol. The molecule has 1 aliphatic heterocycles. The Morgan fingerprint density at radius 2 is 2.07 bits per heavy atom. The second-order valence-electron chi connectivity index (χ2n) is 6.54. The Bertz CT molecular complexity index is 821. The number of nitrogens with one attached hydrogen (secondary N) is 2. The van der Waals surface area contributed by atoms with Crippen LogP contribution in [-0.2, 0) is 28.9 Å². The minimum Gasteiger partial charge on any atom is -0.472 e. The number of carbonyl (C=O) groups excluding carboxylic acids is 2. The molecule has 1 aromatic carbocycles. The molecule has 2 amide bonds. The van der Waals surface area contributed by atoms with Crippen LogP contribution in [0.1, 0.15) is 23.1 Å². The van der Waals surface area contributed by atoms with E-state index < -0.39 is 17.8 Å². The normalized spacial score (nSPS) is 18.0. The Morgan fingerprint density at radius 3 is 2.79 bits per heavy atom. The number of hydrogen-bond donors (Lipinski definition) is 2. The van der Waals surface area contributed by atoms with E-state index in [0.717, 1.165) is 11.6 Å². The van der Waals surface area contributed by atoms with Gasteiger partial charge in [0.15, 0.2) is 0 Å². The van der Waals surface area contributed by atoms with Gasteiger partial charge in [-0.25, -0.2) is 0 Å². The van der Waals surface area contributed by atoms with Crippen molar-refractivity contribution in [2.75, 3.05) is 13.1 Å². The number of furan rings is 1. The van der Waals surface area contributed by atoms with Crippen molar-refractivity contribution >= 4 is 11.8 Å². The number of nitrogens with zero attached hydrogens (tertiary/aromatic N) is 1. The Morgan fingerprint density at radius 1 is 1.29 bits per heavy atom. The van der Waals surface area contributed by atoms with Crippen molar-refractivity contribution in [3.05, 3.63) is 59.5 Å². The van der Waals surface area contributed by atoms with Gasteiger partial charge in [-0.15, -0.1) is 0 Å². The number of alkyl halides is 3. The third kappa shape index (κ3) is 4.92. The highest BCUT2D eigenvalue weighted by Gasteiger charge is 2.36. The van der Waals surface area contributed by atoms with Crippen LogP contribution in [0.3, 0.4) is 0 Å². The van der Waals surface area contributed by atoms with Gasteiger partial charge in [0.25, 0.3) is 0 Å². The first-order valence-electron chi connectivity index (χ1n) is 8.79. The molecule has 9 heteroatoms. The van der Waals surface area contributed by atoms with Crippen molar-refractivity contribution in [3.8, 4) is 0 Å². The van der Waals surface area contributed by atoms with E-state index in [1.807, 2.05) is 0 Å². The van der Waals surface area contributed by atoms with Crippen LogP contribution in [0, 0.1) is 0 Å². The van der Waals surface area contributed by atoms with E-state index >= 15 is 0 Å². The summed E-state index contributed by atoms with van der Waals surface area (Å²) in [6.07, 6.45) is -1.64. The SMILES string of the molecule is O=C(CC1C(=O)NCCN1Cc1ccccc1C(F)(F)F)NCc1ccoc1. The topological polar surface area (TPSA) is 74.6 Å². The molecule has 0 saturated carbocycles. The summed E-state index contributed by atoms with van der Waals surface area (Å²) >= 11 is 0. The number of benzene rings is 1. The minimum atomic E-state index is -4.48. The lowest BCUT2D eigenvalue weighted by Crippen LogP contribution is -2.56. The minimum absolute atomic E-state index is 0.0667. The number of rotatable bonds is 6. The average molecular weight is 395 g/mol. The number of piperazine rings is 1. The molecule has 1 saturated heterocycles. The van der Waals surface area contributed by atoms with Gasteiger partial charge in [0.1, 0.15) is 0 Å². The standard InChI is InChI=1S/C19H20F3N3O3/c20-19(21,22)15-4-2-1-3-14(15)11-25-7-6-23-18(27)16(25)9-17(26)24-10-13-5-8-28-12-13/h1-5,8,12,16H,6-7,9-11H2,(H,23,27)(H,24,26). The quantitative estimate of drug-likeness (QED) is 0.787. The van der Waals surface area contributed by atoms with E-state index in [-0.39, 0.29) is 36.9 Å². The molecule has 0 spiro atoms. The molecule has 2 heterocycles. The highest BCUT2D eigenvalue weighted by atomic mass is 19.4. The Balaban J connectivity index is 1.69. The van der Waals surface area contributed by atoms with E-state index in [4.69, 9.17) is 4.42 Å². The fraction of sp³-hybridized carbons (Fsp3) is 0.368. The highest BCUT2D eigenvalue weighted by molar-refractivity contribution is 5.88. The lowest BCUT2D eigenvalue weighted by molar-refractivity contribution is -0.139. The molecule has 6 nitrogen and oxygen atoms in total. The van der Waals surface area contributed by atoms with Gasteiger partial charge in [-0.3, -0.25) is 14.5 Å². The zero-order chi connectivity index (χ0) is 20.1. The van der Waals surface area contributed by atoms with E-state index in [1.54, 1.807) is 11.0 Å². The molecule has 2 aromatic rings. The van der Waals surface area contributed by atoms with Crippen LogP contribution in [0.2, 0.25) is 0 Å². The number of amides is 2. The van der Waals surface area contributed by atoms with Gasteiger partial charge in [-0.1, -0.05) is 18.2 Å². The molecule has 0 bridgehead atoms. The number of halogens is 3. The summed E-state index contributed by atoms with van der Waals surface area (Å²) in [5.41, 5.74) is 0.120. The van der Waals surface area contributed by atoms with Gasteiger partial charge in [0.2, 0.25) is 11.8 Å². The first kappa shape index (κ1) is 19.9. The molecule has 1 unspecified atom stereocenters. The lowest BCUT2D eigenvalue weighted by Gasteiger charge is -2.35. The van der Waals surface area contributed by atoms with Crippen molar-refractivity contribution in [2.45, 2.75) is 31.7 Å². The number of hydrogen-bond acceptors (Lipinski definition) is 4. The van der Waals surface area contributed by atoms with E-state index in [9.17, 15) is 22.8 Å². The molecule has 28 heavy (non-hydrogen) atoms. The molecule has 1 atom stereocenters. The van der Waals surface area contributed by atoms with E-state index in [2.05, 4.69) is 10.6 Å². The maximum absolute atomic E-state index is 13.3. The molecule has 0 aliphatic carbocycles. The largest absolute Gasteiger partial charge is 0.472 e. The van der Waals surface area contributed by atoms with Crippen LogP contribution in [0.25, 0.3) is 0 Å². The van der Waals surface area contributed by atoms with Gasteiger partial charge in [0, 0.05) is 31.7 Å². The zero-order valence-electron chi connectivity index (χ0n) is 15.0. The first-order valence-corrected chi connectivity index (χ1v) is 8.79. The smallest absolute Gasteiger partial charge is 0.416 e. The van der Waals surface area contributed by atoms with Crippen LogP contribution in [0.5, 0.6) is 0 Å². The Hall–Kier alpha value is -2.81. The molecule has 3 rings (SSSR count). The highest BCUT2D eigenvalue weighted by Crippen LogP contribution is 2.32. The van der Waals surface area contributed by atoms with Crippen molar-refractivity contribution < 1.29 is 27.2 Å². The molecule has 1 fully saturated rings. The molecule has 1 aliphatic rings. The van der Waals surface area contributed by atoms with Crippen molar-refractivity contribution in [1.82, 2.24) is 15.5 Å².